The Morgan fingerprint density at radius 3 is 2.22 bits per heavy atom. The van der Waals surface area contributed by atoms with Crippen LogP contribution < -0.4 is 10.1 Å². The molecule has 0 saturated heterocycles. The fraction of sp³-hybridized carbons (Fsp3) is 0.100. The number of hydrogen-bond donors (Lipinski definition) is 1. The molecule has 0 radical (unpaired) electrons. The molecule has 0 fully saturated rings. The smallest absolute Gasteiger partial charge is 0.124 e. The summed E-state index contributed by atoms with van der Waals surface area (Å²) in [6.07, 6.45) is 0. The van der Waals surface area contributed by atoms with E-state index in [-0.39, 0.29) is 12.4 Å². The molecule has 3 aromatic carbocycles. The van der Waals surface area contributed by atoms with Crippen LogP contribution in [0.1, 0.15) is 11.1 Å². The van der Waals surface area contributed by atoms with Crippen molar-refractivity contribution in [3.63, 3.8) is 0 Å². The van der Waals surface area contributed by atoms with Crippen LogP contribution in [0.3, 0.4) is 0 Å². The lowest BCUT2D eigenvalue weighted by Gasteiger charge is -2.14. The molecular weight excluding hydrogens is 431 g/mol. The van der Waals surface area contributed by atoms with Gasteiger partial charge in [-0.1, -0.05) is 52.5 Å². The molecule has 0 heterocycles. The molecule has 3 aromatic rings. The molecule has 7 heteroatoms. The van der Waals surface area contributed by atoms with Gasteiger partial charge in [-0.05, 0) is 48.5 Å². The van der Waals surface area contributed by atoms with E-state index in [2.05, 4.69) is 5.32 Å². The highest BCUT2D eigenvalue weighted by atomic mass is 35.5. The summed E-state index contributed by atoms with van der Waals surface area (Å²) in [5.74, 6) is 0.251. The fourth-order valence-corrected chi connectivity index (χ4v) is 3.42. The highest BCUT2D eigenvalue weighted by molar-refractivity contribution is 6.35. The normalized spacial score (nSPS) is 10.7. The summed E-state index contributed by atoms with van der Waals surface area (Å²) < 4.78 is 19.0. The van der Waals surface area contributed by atoms with Gasteiger partial charge in [-0.15, -0.1) is 0 Å². The van der Waals surface area contributed by atoms with Gasteiger partial charge in [0, 0.05) is 38.4 Å². The Hall–Kier alpha value is -1.65. The molecule has 1 N–H and O–H groups in total. The Morgan fingerprint density at radius 2 is 1.52 bits per heavy atom. The molecule has 0 unspecified atom stereocenters. The van der Waals surface area contributed by atoms with Crippen molar-refractivity contribution in [3.8, 4) is 5.75 Å². The van der Waals surface area contributed by atoms with Crippen molar-refractivity contribution in [1.82, 2.24) is 0 Å². The lowest BCUT2D eigenvalue weighted by molar-refractivity contribution is 0.303. The molecule has 0 aliphatic heterocycles. The second kappa shape index (κ2) is 9.03. The summed E-state index contributed by atoms with van der Waals surface area (Å²) >= 11 is 24.2. The fourth-order valence-electron chi connectivity index (χ4n) is 2.47. The van der Waals surface area contributed by atoms with Gasteiger partial charge >= 0.3 is 0 Å². The first-order valence-electron chi connectivity index (χ1n) is 7.96. The summed E-state index contributed by atoms with van der Waals surface area (Å²) in [7, 11) is 0. The minimum absolute atomic E-state index is 0.205. The molecule has 0 aromatic heterocycles. The van der Waals surface area contributed by atoms with E-state index < -0.39 is 0 Å². The number of anilines is 1. The van der Waals surface area contributed by atoms with Crippen molar-refractivity contribution in [2.75, 3.05) is 5.32 Å². The van der Waals surface area contributed by atoms with Crippen LogP contribution >= 0.6 is 46.4 Å². The third-order valence-corrected chi connectivity index (χ3v) is 4.79. The summed E-state index contributed by atoms with van der Waals surface area (Å²) in [6, 6.07) is 14.7. The lowest BCUT2D eigenvalue weighted by Crippen LogP contribution is -2.04. The zero-order valence-electron chi connectivity index (χ0n) is 13.9. The summed E-state index contributed by atoms with van der Waals surface area (Å²) in [4.78, 5) is 0. The first kappa shape index (κ1) is 20.1. The van der Waals surface area contributed by atoms with Crippen molar-refractivity contribution in [1.29, 1.82) is 0 Å². The van der Waals surface area contributed by atoms with Gasteiger partial charge < -0.3 is 10.1 Å². The van der Waals surface area contributed by atoms with Gasteiger partial charge in [-0.3, -0.25) is 0 Å². The molecule has 0 atom stereocenters. The second-order valence-electron chi connectivity index (χ2n) is 5.79. The van der Waals surface area contributed by atoms with E-state index in [1.807, 2.05) is 6.07 Å². The minimum Gasteiger partial charge on any atom is -0.488 e. The van der Waals surface area contributed by atoms with Crippen LogP contribution in [0.5, 0.6) is 5.75 Å². The van der Waals surface area contributed by atoms with E-state index in [9.17, 15) is 4.39 Å². The molecular formula is C20H14Cl4FNO. The lowest BCUT2D eigenvalue weighted by atomic mass is 10.2. The Bertz CT molecular complexity index is 944. The van der Waals surface area contributed by atoms with Gasteiger partial charge in [0.05, 0.1) is 5.02 Å². The first-order chi connectivity index (χ1) is 12.9. The van der Waals surface area contributed by atoms with Gasteiger partial charge in [0.2, 0.25) is 0 Å². The maximum Gasteiger partial charge on any atom is 0.124 e. The quantitative estimate of drug-likeness (QED) is 0.421. The van der Waals surface area contributed by atoms with Crippen LogP contribution in [0.2, 0.25) is 20.1 Å². The SMILES string of the molecule is Fc1ccc(COc2ccc(Cl)cc2CNc2cc(Cl)cc(Cl)c2)c(Cl)c1. The summed E-state index contributed by atoms with van der Waals surface area (Å²) in [6.45, 7) is 0.653. The van der Waals surface area contributed by atoms with E-state index in [0.717, 1.165) is 11.3 Å². The monoisotopic (exact) mass is 443 g/mol. The van der Waals surface area contributed by atoms with E-state index in [1.165, 1.54) is 12.1 Å². The van der Waals surface area contributed by atoms with Crippen molar-refractivity contribution in [2.24, 2.45) is 0 Å². The Labute approximate surface area is 176 Å². The number of ether oxygens (including phenoxy) is 1. The van der Waals surface area contributed by atoms with Crippen LogP contribution in [0, 0.1) is 5.82 Å². The molecule has 27 heavy (non-hydrogen) atoms. The Morgan fingerprint density at radius 1 is 0.778 bits per heavy atom. The number of nitrogens with one attached hydrogen (secondary N) is 1. The Balaban J connectivity index is 1.74. The van der Waals surface area contributed by atoms with Crippen molar-refractivity contribution in [2.45, 2.75) is 13.2 Å². The Kier molecular flexibility index (Phi) is 6.72. The predicted octanol–water partition coefficient (Wildman–Crippen LogP) is 7.63. The molecule has 2 nitrogen and oxygen atoms in total. The van der Waals surface area contributed by atoms with E-state index in [0.29, 0.717) is 37.9 Å². The highest BCUT2D eigenvalue weighted by Gasteiger charge is 2.08. The van der Waals surface area contributed by atoms with Gasteiger partial charge in [0.1, 0.15) is 18.2 Å². The summed E-state index contributed by atoms with van der Waals surface area (Å²) in [5, 5.41) is 5.23. The van der Waals surface area contributed by atoms with Gasteiger partial charge in [-0.25, -0.2) is 4.39 Å². The molecule has 0 amide bonds. The number of hydrogen-bond acceptors (Lipinski definition) is 2. The standard InChI is InChI=1S/C20H14Cl4FNO/c21-14-2-4-20(27-11-12-1-3-17(25)9-19(12)24)13(5-14)10-26-18-7-15(22)6-16(23)8-18/h1-9,26H,10-11H2. The van der Waals surface area contributed by atoms with E-state index in [1.54, 1.807) is 36.4 Å². The molecule has 0 bridgehead atoms. The van der Waals surface area contributed by atoms with Crippen molar-refractivity contribution in [3.05, 3.63) is 91.6 Å². The van der Waals surface area contributed by atoms with Crippen LogP contribution in [0.4, 0.5) is 10.1 Å². The van der Waals surface area contributed by atoms with Crippen LogP contribution in [0.15, 0.2) is 54.6 Å². The van der Waals surface area contributed by atoms with Crippen LogP contribution in [-0.4, -0.2) is 0 Å². The molecule has 0 aliphatic rings. The maximum atomic E-state index is 13.2. The molecule has 0 spiro atoms. The third-order valence-electron chi connectivity index (χ3n) is 3.77. The van der Waals surface area contributed by atoms with Gasteiger partial charge in [0.25, 0.3) is 0 Å². The predicted molar refractivity (Wildman–Crippen MR) is 111 cm³/mol. The van der Waals surface area contributed by atoms with E-state index in [4.69, 9.17) is 51.1 Å². The number of halogens is 5. The molecule has 3 rings (SSSR count). The van der Waals surface area contributed by atoms with Crippen molar-refractivity contribution >= 4 is 52.1 Å². The van der Waals surface area contributed by atoms with E-state index >= 15 is 0 Å². The maximum absolute atomic E-state index is 13.2. The average molecular weight is 445 g/mol. The highest BCUT2D eigenvalue weighted by Crippen LogP contribution is 2.28. The van der Waals surface area contributed by atoms with Gasteiger partial charge in [-0.2, -0.15) is 0 Å². The third kappa shape index (κ3) is 5.66. The summed E-state index contributed by atoms with van der Waals surface area (Å²) in [5.41, 5.74) is 2.31. The zero-order valence-corrected chi connectivity index (χ0v) is 16.9. The van der Waals surface area contributed by atoms with Crippen LogP contribution in [0.25, 0.3) is 0 Å². The molecule has 140 valence electrons. The number of rotatable bonds is 6. The molecule has 0 saturated carbocycles. The zero-order chi connectivity index (χ0) is 19.4. The second-order valence-corrected chi connectivity index (χ2v) is 7.50. The topological polar surface area (TPSA) is 21.3 Å². The first-order valence-corrected chi connectivity index (χ1v) is 9.47. The van der Waals surface area contributed by atoms with Crippen LogP contribution in [-0.2, 0) is 13.2 Å². The largest absolute Gasteiger partial charge is 0.488 e. The minimum atomic E-state index is -0.389. The average Bonchev–Trinajstić information content (AvgIpc) is 2.59. The molecule has 0 aliphatic carbocycles. The van der Waals surface area contributed by atoms with Gasteiger partial charge in [0.15, 0.2) is 0 Å². The number of benzene rings is 3. The van der Waals surface area contributed by atoms with Crippen molar-refractivity contribution < 1.29 is 9.13 Å².